The maximum Gasteiger partial charge on any atom is 0.0581 e. The van der Waals surface area contributed by atoms with E-state index >= 15 is 0 Å². The topological polar surface area (TPSA) is 6.48 Å². The van der Waals surface area contributed by atoms with E-state index in [0.29, 0.717) is 0 Å². The third-order valence-electron chi connectivity index (χ3n) is 18.2. The largest absolute Gasteiger partial charge is 0.309 e. The van der Waals surface area contributed by atoms with Crippen LogP contribution >= 0.6 is 0 Å². The molecule has 0 amide bonds. The lowest BCUT2D eigenvalue weighted by atomic mass is 9.72. The van der Waals surface area contributed by atoms with Crippen LogP contribution in [0.1, 0.15) is 86.8 Å². The molecule has 2 aliphatic heterocycles. The molecule has 0 bridgehead atoms. The number of rotatable bonds is 5. The predicted octanol–water partition coefficient (Wildman–Crippen LogP) is 20.1. The summed E-state index contributed by atoms with van der Waals surface area (Å²) in [4.78, 5) is 5.07. The van der Waals surface area contributed by atoms with Gasteiger partial charge < -0.3 is 9.80 Å². The first-order chi connectivity index (χ1) is 36.8. The van der Waals surface area contributed by atoms with E-state index in [1.165, 1.54) is 148 Å². The van der Waals surface area contributed by atoms with Crippen molar-refractivity contribution in [1.82, 2.24) is 0 Å². The molecule has 2 heteroatoms. The molecule has 11 aromatic rings. The van der Waals surface area contributed by atoms with Crippen LogP contribution in [0.5, 0.6) is 0 Å². The molecule has 2 aliphatic carbocycles. The minimum Gasteiger partial charge on any atom is -0.309 e. The molecule has 0 N–H and O–H groups in total. The minimum absolute atomic E-state index is 0.0405. The first kappa shape index (κ1) is 44.1. The summed E-state index contributed by atoms with van der Waals surface area (Å²) >= 11 is 0. The van der Waals surface area contributed by atoms with Crippen molar-refractivity contribution in [3.63, 3.8) is 0 Å². The molecule has 2 nitrogen and oxygen atoms in total. The van der Waals surface area contributed by atoms with Gasteiger partial charge in [0.25, 0.3) is 0 Å². The van der Waals surface area contributed by atoms with Crippen LogP contribution in [-0.2, 0) is 16.2 Å². The van der Waals surface area contributed by atoms with Crippen LogP contribution in [0.15, 0.2) is 231 Å². The summed E-state index contributed by atoms with van der Waals surface area (Å²) < 4.78 is 0. The van der Waals surface area contributed by atoms with Gasteiger partial charge in [0.15, 0.2) is 0 Å². The highest BCUT2D eigenvalue weighted by atomic mass is 15.2. The summed E-state index contributed by atoms with van der Waals surface area (Å²) in [5.74, 6) is 0. The highest BCUT2D eigenvalue weighted by molar-refractivity contribution is 6.22. The minimum atomic E-state index is -0.250. The van der Waals surface area contributed by atoms with Gasteiger partial charge in [0.05, 0.1) is 22.7 Å². The first-order valence-corrected chi connectivity index (χ1v) is 27.1. The van der Waals surface area contributed by atoms with Gasteiger partial charge in [-0.05, 0) is 144 Å². The third-order valence-corrected chi connectivity index (χ3v) is 18.2. The zero-order valence-corrected chi connectivity index (χ0v) is 43.2. The van der Waals surface area contributed by atoms with Crippen LogP contribution in [0.4, 0.5) is 34.1 Å². The summed E-state index contributed by atoms with van der Waals surface area (Å²) in [6.07, 6.45) is 4.90. The molecule has 0 unspecified atom stereocenters. The van der Waals surface area contributed by atoms with Crippen molar-refractivity contribution in [1.29, 1.82) is 0 Å². The quantitative estimate of drug-likeness (QED) is 0.159. The Kier molecular flexibility index (Phi) is 9.56. The molecule has 4 aliphatic rings. The number of fused-ring (bicyclic) bond motifs is 11. The van der Waals surface area contributed by atoms with Crippen molar-refractivity contribution in [2.24, 2.45) is 0 Å². The second kappa shape index (κ2) is 16.3. The van der Waals surface area contributed by atoms with Gasteiger partial charge in [-0.1, -0.05) is 229 Å². The highest BCUT2D eigenvalue weighted by Crippen LogP contribution is 2.62. The number of anilines is 6. The molecular formula is C73H58N2. The summed E-state index contributed by atoms with van der Waals surface area (Å²) in [5.41, 5.74) is 25.4. The van der Waals surface area contributed by atoms with Gasteiger partial charge >= 0.3 is 0 Å². The van der Waals surface area contributed by atoms with Gasteiger partial charge in [0, 0.05) is 38.7 Å². The Balaban J connectivity index is 1.07. The lowest BCUT2D eigenvalue weighted by Gasteiger charge is -2.43. The Labute approximate surface area is 441 Å². The third kappa shape index (κ3) is 6.14. The van der Waals surface area contributed by atoms with Crippen LogP contribution in [0.3, 0.4) is 0 Å². The summed E-state index contributed by atoms with van der Waals surface area (Å²) in [5, 5.41) is 5.04. The molecule has 360 valence electrons. The fourth-order valence-corrected chi connectivity index (χ4v) is 14.8. The summed E-state index contributed by atoms with van der Waals surface area (Å²) in [6, 6.07) is 87.7. The van der Waals surface area contributed by atoms with Gasteiger partial charge in [-0.25, -0.2) is 0 Å². The van der Waals surface area contributed by atoms with Crippen LogP contribution < -0.4 is 9.80 Å². The van der Waals surface area contributed by atoms with Crippen molar-refractivity contribution < 1.29 is 0 Å². The van der Waals surface area contributed by atoms with E-state index in [2.05, 4.69) is 268 Å². The smallest absolute Gasteiger partial charge is 0.0581 e. The molecule has 75 heavy (non-hydrogen) atoms. The van der Waals surface area contributed by atoms with E-state index in [9.17, 15) is 0 Å². The molecular weight excluding hydrogens is 905 g/mol. The normalized spacial score (nSPS) is 16.1. The van der Waals surface area contributed by atoms with Crippen molar-refractivity contribution in [2.75, 3.05) is 9.80 Å². The molecule has 11 aromatic carbocycles. The van der Waals surface area contributed by atoms with Crippen LogP contribution in [0, 0.1) is 0 Å². The maximum absolute atomic E-state index is 2.57. The highest BCUT2D eigenvalue weighted by Gasteiger charge is 2.46. The second-order valence-electron chi connectivity index (χ2n) is 22.6. The molecule has 2 heterocycles. The number of benzene rings is 11. The van der Waals surface area contributed by atoms with Gasteiger partial charge in [0.1, 0.15) is 0 Å². The van der Waals surface area contributed by atoms with E-state index in [4.69, 9.17) is 0 Å². The maximum atomic E-state index is 2.57. The standard InChI is InChI=1S/C73H58N2/c1-71(2)60-37-13-15-42-65(60)74(47-24-7-5-8-25-47)69-53(33-21-40-63(69)71)49-29-19-31-51-57(49)46-58-50(54-34-22-41-64-70(54)75(48-26-9-6-10-27-48)66-43-16-14-38-61(66)72(64,3)4)30-20-32-52(58)67(51)56-35-23-39-62-68(56)55-28-11-12-36-59(55)73(62)44-17-18-45-73/h5-16,19-43,46H,17-18,44-45H2,1-4H3. The molecule has 0 aromatic heterocycles. The van der Waals surface area contributed by atoms with E-state index in [-0.39, 0.29) is 16.2 Å². The number of nitrogens with zero attached hydrogens (tertiary/aromatic N) is 2. The number of para-hydroxylation sites is 6. The van der Waals surface area contributed by atoms with Gasteiger partial charge in [-0.3, -0.25) is 0 Å². The number of hydrogen-bond donors (Lipinski definition) is 0. The van der Waals surface area contributed by atoms with Crippen LogP contribution in [0.25, 0.3) is 66.1 Å². The predicted molar refractivity (Wildman–Crippen MR) is 316 cm³/mol. The molecule has 1 fully saturated rings. The van der Waals surface area contributed by atoms with Crippen molar-refractivity contribution in [2.45, 2.75) is 69.6 Å². The van der Waals surface area contributed by atoms with E-state index in [1.807, 2.05) is 0 Å². The second-order valence-corrected chi connectivity index (χ2v) is 22.6. The Morgan fingerprint density at radius 2 is 0.680 bits per heavy atom. The molecule has 15 rings (SSSR count). The first-order valence-electron chi connectivity index (χ1n) is 27.1. The van der Waals surface area contributed by atoms with Crippen molar-refractivity contribution in [3.8, 4) is 44.5 Å². The van der Waals surface area contributed by atoms with E-state index in [1.54, 1.807) is 0 Å². The molecule has 1 saturated carbocycles. The SMILES string of the molecule is CC1(C)c2ccccc2N(c2ccccc2)c2c(-c3cccc4c(-c5cccc6c5-c5ccccc5C65CCCC5)c5cccc(-c6cccc7c6N(c6ccccc6)c6ccccc6C7(C)C)c5cc34)cccc21. The van der Waals surface area contributed by atoms with Gasteiger partial charge in [-0.15, -0.1) is 0 Å². The van der Waals surface area contributed by atoms with Gasteiger partial charge in [-0.2, -0.15) is 0 Å². The fourth-order valence-electron chi connectivity index (χ4n) is 14.8. The molecule has 0 atom stereocenters. The zero-order chi connectivity index (χ0) is 50.2. The Bertz CT molecular complexity index is 3930. The van der Waals surface area contributed by atoms with Crippen LogP contribution in [-0.4, -0.2) is 0 Å². The molecule has 0 radical (unpaired) electrons. The Morgan fingerprint density at radius 3 is 1.20 bits per heavy atom. The lowest BCUT2D eigenvalue weighted by molar-refractivity contribution is 0.550. The zero-order valence-electron chi connectivity index (χ0n) is 43.2. The van der Waals surface area contributed by atoms with Crippen molar-refractivity contribution in [3.05, 3.63) is 264 Å². The monoisotopic (exact) mass is 962 g/mol. The van der Waals surface area contributed by atoms with Crippen molar-refractivity contribution >= 4 is 55.7 Å². The average molecular weight is 963 g/mol. The fraction of sp³-hybridized carbons (Fsp3) is 0.151. The molecule has 0 saturated heterocycles. The van der Waals surface area contributed by atoms with Crippen LogP contribution in [0.2, 0.25) is 0 Å². The van der Waals surface area contributed by atoms with E-state index < -0.39 is 0 Å². The molecule has 1 spiro atoms. The number of hydrogen-bond acceptors (Lipinski definition) is 2. The van der Waals surface area contributed by atoms with E-state index in [0.717, 1.165) is 11.4 Å². The van der Waals surface area contributed by atoms with Gasteiger partial charge in [0.2, 0.25) is 0 Å². The Morgan fingerprint density at radius 1 is 0.293 bits per heavy atom. The summed E-state index contributed by atoms with van der Waals surface area (Å²) in [6.45, 7) is 9.62. The summed E-state index contributed by atoms with van der Waals surface area (Å²) in [7, 11) is 0. The Hall–Kier alpha value is -8.46. The lowest BCUT2D eigenvalue weighted by Crippen LogP contribution is -2.31. The average Bonchev–Trinajstić information content (AvgIpc) is 4.12.